The molecule has 0 aliphatic rings. The van der Waals surface area contributed by atoms with Gasteiger partial charge in [0.15, 0.2) is 5.65 Å². The summed E-state index contributed by atoms with van der Waals surface area (Å²) < 4.78 is 2.91. The summed E-state index contributed by atoms with van der Waals surface area (Å²) in [5.74, 6) is -0.181. The fraction of sp³-hybridized carbons (Fsp3) is 0.278. The van der Waals surface area contributed by atoms with Gasteiger partial charge in [-0.1, -0.05) is 24.6 Å². The SMILES string of the molecule is CCCNC(=O)c1ccc(NCCn2nc3ccccn3c2=O)cc1Cl. The zero-order chi connectivity index (χ0) is 18.5. The van der Waals surface area contributed by atoms with Crippen molar-refractivity contribution >= 4 is 28.8 Å². The standard InChI is InChI=1S/C18H20ClN5O2/c1-2-8-21-17(25)14-7-6-13(12-15(14)19)20-9-11-24-18(26)23-10-4-3-5-16(23)22-24/h3-7,10,12,20H,2,8-9,11H2,1H3,(H,21,25). The summed E-state index contributed by atoms with van der Waals surface area (Å²) in [6.07, 6.45) is 2.56. The Bertz CT molecular complexity index is 979. The first-order valence-electron chi connectivity index (χ1n) is 8.46. The molecule has 1 aromatic carbocycles. The van der Waals surface area contributed by atoms with Crippen molar-refractivity contribution in [1.29, 1.82) is 0 Å². The number of anilines is 1. The molecule has 2 heterocycles. The molecular formula is C18H20ClN5O2. The first kappa shape index (κ1) is 18.0. The number of carbonyl (C=O) groups is 1. The van der Waals surface area contributed by atoms with Gasteiger partial charge in [0.25, 0.3) is 5.91 Å². The Labute approximate surface area is 155 Å². The maximum absolute atomic E-state index is 12.2. The minimum absolute atomic E-state index is 0.177. The number of benzene rings is 1. The van der Waals surface area contributed by atoms with E-state index in [0.29, 0.717) is 35.9 Å². The molecule has 0 saturated carbocycles. The lowest BCUT2D eigenvalue weighted by Gasteiger charge is -2.09. The van der Waals surface area contributed by atoms with E-state index in [4.69, 9.17) is 11.6 Å². The van der Waals surface area contributed by atoms with Gasteiger partial charge < -0.3 is 10.6 Å². The van der Waals surface area contributed by atoms with Crippen LogP contribution in [0.15, 0.2) is 47.4 Å². The summed E-state index contributed by atoms with van der Waals surface area (Å²) in [5.41, 5.74) is 1.66. The molecule has 7 nitrogen and oxygen atoms in total. The summed E-state index contributed by atoms with van der Waals surface area (Å²) in [7, 11) is 0. The number of hydrogen-bond donors (Lipinski definition) is 2. The van der Waals surface area contributed by atoms with Gasteiger partial charge in [0.2, 0.25) is 0 Å². The third-order valence-corrected chi connectivity index (χ3v) is 4.20. The molecular weight excluding hydrogens is 354 g/mol. The fourth-order valence-corrected chi connectivity index (χ4v) is 2.83. The minimum atomic E-state index is -0.181. The van der Waals surface area contributed by atoms with Crippen LogP contribution in [0.25, 0.3) is 5.65 Å². The second-order valence-corrected chi connectivity index (χ2v) is 6.22. The summed E-state index contributed by atoms with van der Waals surface area (Å²) in [6.45, 7) is 3.52. The Morgan fingerprint density at radius 3 is 2.81 bits per heavy atom. The van der Waals surface area contributed by atoms with Crippen LogP contribution in [0.5, 0.6) is 0 Å². The van der Waals surface area contributed by atoms with Crippen molar-refractivity contribution in [1.82, 2.24) is 19.5 Å². The largest absolute Gasteiger partial charge is 0.383 e. The van der Waals surface area contributed by atoms with E-state index in [1.54, 1.807) is 36.5 Å². The van der Waals surface area contributed by atoms with Gasteiger partial charge in [-0.25, -0.2) is 9.48 Å². The number of pyridine rings is 1. The molecule has 3 rings (SSSR count). The highest BCUT2D eigenvalue weighted by molar-refractivity contribution is 6.34. The van der Waals surface area contributed by atoms with Crippen molar-refractivity contribution in [3.05, 3.63) is 63.7 Å². The predicted molar refractivity (Wildman–Crippen MR) is 102 cm³/mol. The van der Waals surface area contributed by atoms with Gasteiger partial charge in [-0.15, -0.1) is 5.10 Å². The topological polar surface area (TPSA) is 80.4 Å². The monoisotopic (exact) mass is 373 g/mol. The van der Waals surface area contributed by atoms with Crippen molar-refractivity contribution in [2.75, 3.05) is 18.4 Å². The maximum Gasteiger partial charge on any atom is 0.350 e. The quantitative estimate of drug-likeness (QED) is 0.666. The molecule has 0 radical (unpaired) electrons. The number of fused-ring (bicyclic) bond motifs is 1. The second-order valence-electron chi connectivity index (χ2n) is 5.81. The number of aromatic nitrogens is 3. The normalized spacial score (nSPS) is 10.8. The van der Waals surface area contributed by atoms with Gasteiger partial charge in [0.1, 0.15) is 0 Å². The van der Waals surface area contributed by atoms with Crippen LogP contribution in [-0.2, 0) is 6.54 Å². The van der Waals surface area contributed by atoms with Gasteiger partial charge in [-0.2, -0.15) is 0 Å². The van der Waals surface area contributed by atoms with Crippen LogP contribution in [0.2, 0.25) is 5.02 Å². The lowest BCUT2D eigenvalue weighted by molar-refractivity contribution is 0.0954. The Balaban J connectivity index is 1.62. The van der Waals surface area contributed by atoms with E-state index in [9.17, 15) is 9.59 Å². The molecule has 8 heteroatoms. The third kappa shape index (κ3) is 3.88. The molecule has 0 spiro atoms. The van der Waals surface area contributed by atoms with Crippen LogP contribution < -0.4 is 16.3 Å². The van der Waals surface area contributed by atoms with E-state index in [1.807, 2.05) is 13.0 Å². The van der Waals surface area contributed by atoms with Crippen LogP contribution >= 0.6 is 11.6 Å². The molecule has 2 aromatic heterocycles. The van der Waals surface area contributed by atoms with Crippen molar-refractivity contribution < 1.29 is 4.79 Å². The van der Waals surface area contributed by atoms with E-state index in [1.165, 1.54) is 9.08 Å². The van der Waals surface area contributed by atoms with E-state index < -0.39 is 0 Å². The van der Waals surface area contributed by atoms with Crippen molar-refractivity contribution in [2.45, 2.75) is 19.9 Å². The summed E-state index contributed by atoms with van der Waals surface area (Å²) in [6, 6.07) is 10.6. The summed E-state index contributed by atoms with van der Waals surface area (Å²) >= 11 is 6.21. The van der Waals surface area contributed by atoms with Gasteiger partial charge >= 0.3 is 5.69 Å². The summed E-state index contributed by atoms with van der Waals surface area (Å²) in [4.78, 5) is 24.2. The Kier molecular flexibility index (Phi) is 5.58. The molecule has 3 aromatic rings. The van der Waals surface area contributed by atoms with Crippen LogP contribution in [0, 0.1) is 0 Å². The fourth-order valence-electron chi connectivity index (χ4n) is 2.56. The first-order chi connectivity index (χ1) is 12.6. The number of amides is 1. The number of nitrogens with one attached hydrogen (secondary N) is 2. The predicted octanol–water partition coefficient (Wildman–Crippen LogP) is 2.40. The second kappa shape index (κ2) is 8.05. The molecule has 0 unspecified atom stereocenters. The number of carbonyl (C=O) groups excluding carboxylic acids is 1. The first-order valence-corrected chi connectivity index (χ1v) is 8.83. The average Bonchev–Trinajstić information content (AvgIpc) is 2.96. The van der Waals surface area contributed by atoms with Crippen LogP contribution in [-0.4, -0.2) is 33.2 Å². The lowest BCUT2D eigenvalue weighted by atomic mass is 10.2. The van der Waals surface area contributed by atoms with Crippen LogP contribution in [0.3, 0.4) is 0 Å². The Morgan fingerprint density at radius 1 is 1.23 bits per heavy atom. The Morgan fingerprint density at radius 2 is 2.08 bits per heavy atom. The van der Waals surface area contributed by atoms with Crippen molar-refractivity contribution in [3.63, 3.8) is 0 Å². The molecule has 1 amide bonds. The maximum atomic E-state index is 12.2. The van der Waals surface area contributed by atoms with E-state index in [-0.39, 0.29) is 11.6 Å². The smallest absolute Gasteiger partial charge is 0.350 e. The van der Waals surface area contributed by atoms with Crippen LogP contribution in [0.4, 0.5) is 5.69 Å². The third-order valence-electron chi connectivity index (χ3n) is 3.89. The van der Waals surface area contributed by atoms with Crippen molar-refractivity contribution in [3.8, 4) is 0 Å². The number of hydrogen-bond acceptors (Lipinski definition) is 4. The molecule has 0 atom stereocenters. The lowest BCUT2D eigenvalue weighted by Crippen LogP contribution is -2.25. The molecule has 2 N–H and O–H groups in total. The van der Waals surface area contributed by atoms with E-state index in [0.717, 1.165) is 12.1 Å². The van der Waals surface area contributed by atoms with Gasteiger partial charge in [0.05, 0.1) is 17.1 Å². The zero-order valence-electron chi connectivity index (χ0n) is 14.4. The molecule has 26 heavy (non-hydrogen) atoms. The minimum Gasteiger partial charge on any atom is -0.383 e. The van der Waals surface area contributed by atoms with E-state index in [2.05, 4.69) is 15.7 Å². The average molecular weight is 374 g/mol. The zero-order valence-corrected chi connectivity index (χ0v) is 15.2. The van der Waals surface area contributed by atoms with Crippen LogP contribution in [0.1, 0.15) is 23.7 Å². The highest BCUT2D eigenvalue weighted by Gasteiger charge is 2.10. The molecule has 0 bridgehead atoms. The molecule has 0 aliphatic carbocycles. The molecule has 136 valence electrons. The van der Waals surface area contributed by atoms with Gasteiger partial charge in [-0.05, 0) is 36.8 Å². The van der Waals surface area contributed by atoms with Crippen molar-refractivity contribution in [2.24, 2.45) is 0 Å². The summed E-state index contributed by atoms with van der Waals surface area (Å²) in [5, 5.41) is 10.6. The molecule has 0 fully saturated rings. The highest BCUT2D eigenvalue weighted by Crippen LogP contribution is 2.21. The van der Waals surface area contributed by atoms with Gasteiger partial charge in [-0.3, -0.25) is 9.20 Å². The molecule has 0 aliphatic heterocycles. The number of nitrogens with zero attached hydrogens (tertiary/aromatic N) is 3. The Hall–Kier alpha value is -2.80. The highest BCUT2D eigenvalue weighted by atomic mass is 35.5. The van der Waals surface area contributed by atoms with E-state index >= 15 is 0 Å². The molecule has 0 saturated heterocycles. The number of rotatable bonds is 7. The number of halogens is 1. The van der Waals surface area contributed by atoms with Gasteiger partial charge in [0, 0.05) is 25.0 Å².